The number of phenolic OH excluding ortho intramolecular Hbond substituents is 1. The highest BCUT2D eigenvalue weighted by atomic mass is 16.3. The van der Waals surface area contributed by atoms with Crippen LogP contribution in [0.1, 0.15) is 38.2 Å². The zero-order valence-electron chi connectivity index (χ0n) is 12.6. The SMILES string of the molecule is CC1CCNC(C(=O)N(Cc2cccc(O)c2)C2CC2)C1. The molecule has 3 rings (SSSR count). The molecule has 0 bridgehead atoms. The molecule has 1 aromatic rings. The molecule has 2 N–H and O–H groups in total. The van der Waals surface area contributed by atoms with Crippen molar-refractivity contribution in [2.45, 2.75) is 51.2 Å². The lowest BCUT2D eigenvalue weighted by atomic mass is 9.93. The van der Waals surface area contributed by atoms with Crippen LogP contribution in [-0.4, -0.2) is 34.5 Å². The molecular weight excluding hydrogens is 264 g/mol. The number of hydrogen-bond donors (Lipinski definition) is 2. The van der Waals surface area contributed by atoms with Gasteiger partial charge in [-0.1, -0.05) is 19.1 Å². The summed E-state index contributed by atoms with van der Waals surface area (Å²) in [6, 6.07) is 7.57. The van der Waals surface area contributed by atoms with E-state index < -0.39 is 0 Å². The first-order valence-corrected chi connectivity index (χ1v) is 7.95. The molecule has 1 saturated heterocycles. The zero-order valence-corrected chi connectivity index (χ0v) is 12.6. The van der Waals surface area contributed by atoms with Gasteiger partial charge in [-0.15, -0.1) is 0 Å². The summed E-state index contributed by atoms with van der Waals surface area (Å²) in [4.78, 5) is 14.8. The summed E-state index contributed by atoms with van der Waals surface area (Å²) in [5, 5.41) is 13.0. The number of carbonyl (C=O) groups is 1. The van der Waals surface area contributed by atoms with Crippen molar-refractivity contribution in [2.75, 3.05) is 6.54 Å². The highest BCUT2D eigenvalue weighted by molar-refractivity contribution is 5.82. The maximum atomic E-state index is 12.8. The van der Waals surface area contributed by atoms with Crippen LogP contribution in [0.4, 0.5) is 0 Å². The van der Waals surface area contributed by atoms with Gasteiger partial charge in [0.2, 0.25) is 5.91 Å². The van der Waals surface area contributed by atoms with Crippen LogP contribution in [0.3, 0.4) is 0 Å². The first-order valence-electron chi connectivity index (χ1n) is 7.95. The Morgan fingerprint density at radius 1 is 1.38 bits per heavy atom. The maximum absolute atomic E-state index is 12.8. The lowest BCUT2D eigenvalue weighted by Crippen LogP contribution is -2.50. The molecule has 21 heavy (non-hydrogen) atoms. The van der Waals surface area contributed by atoms with Gasteiger partial charge in [0.25, 0.3) is 0 Å². The predicted molar refractivity (Wildman–Crippen MR) is 81.9 cm³/mol. The fourth-order valence-electron chi connectivity index (χ4n) is 3.12. The summed E-state index contributed by atoms with van der Waals surface area (Å²) in [7, 11) is 0. The van der Waals surface area contributed by atoms with Gasteiger partial charge in [0.1, 0.15) is 5.75 Å². The van der Waals surface area contributed by atoms with E-state index >= 15 is 0 Å². The zero-order chi connectivity index (χ0) is 14.8. The van der Waals surface area contributed by atoms with Gasteiger partial charge in [0.15, 0.2) is 0 Å². The quantitative estimate of drug-likeness (QED) is 0.893. The van der Waals surface area contributed by atoms with Gasteiger partial charge in [0, 0.05) is 12.6 Å². The van der Waals surface area contributed by atoms with Crippen molar-refractivity contribution in [3.05, 3.63) is 29.8 Å². The summed E-state index contributed by atoms with van der Waals surface area (Å²) < 4.78 is 0. The van der Waals surface area contributed by atoms with Crippen molar-refractivity contribution < 1.29 is 9.90 Å². The summed E-state index contributed by atoms with van der Waals surface area (Å²) >= 11 is 0. The number of amides is 1. The Morgan fingerprint density at radius 3 is 2.86 bits per heavy atom. The van der Waals surface area contributed by atoms with Crippen LogP contribution in [0.5, 0.6) is 5.75 Å². The molecule has 1 saturated carbocycles. The maximum Gasteiger partial charge on any atom is 0.240 e. The fraction of sp³-hybridized carbons (Fsp3) is 0.588. The first kappa shape index (κ1) is 14.4. The van der Waals surface area contributed by atoms with Gasteiger partial charge in [-0.25, -0.2) is 0 Å². The molecule has 2 atom stereocenters. The Labute approximate surface area is 126 Å². The van der Waals surface area contributed by atoms with E-state index in [1.807, 2.05) is 17.0 Å². The molecule has 114 valence electrons. The third-order valence-electron chi connectivity index (χ3n) is 4.50. The van der Waals surface area contributed by atoms with Gasteiger partial charge in [-0.3, -0.25) is 4.79 Å². The van der Waals surface area contributed by atoms with Crippen molar-refractivity contribution in [2.24, 2.45) is 5.92 Å². The minimum atomic E-state index is -0.0355. The standard InChI is InChI=1S/C17H24N2O2/c1-12-7-8-18-16(9-12)17(21)19(14-5-6-14)11-13-3-2-4-15(20)10-13/h2-4,10,12,14,16,18,20H,5-9,11H2,1H3. The highest BCUT2D eigenvalue weighted by Crippen LogP contribution is 2.30. The monoisotopic (exact) mass is 288 g/mol. The number of nitrogens with one attached hydrogen (secondary N) is 1. The molecule has 0 aromatic heterocycles. The third kappa shape index (κ3) is 3.56. The Hall–Kier alpha value is -1.55. The van der Waals surface area contributed by atoms with Crippen LogP contribution >= 0.6 is 0 Å². The molecule has 1 aliphatic carbocycles. The smallest absolute Gasteiger partial charge is 0.240 e. The molecule has 2 aliphatic rings. The Balaban J connectivity index is 1.70. The summed E-state index contributed by atoms with van der Waals surface area (Å²) in [6.45, 7) is 3.75. The lowest BCUT2D eigenvalue weighted by Gasteiger charge is -2.32. The van der Waals surface area contributed by atoms with Gasteiger partial charge in [0.05, 0.1) is 6.04 Å². The summed E-state index contributed by atoms with van der Waals surface area (Å²) in [5.74, 6) is 1.11. The van der Waals surface area contributed by atoms with E-state index in [-0.39, 0.29) is 17.7 Å². The van der Waals surface area contributed by atoms with Gasteiger partial charge in [-0.2, -0.15) is 0 Å². The minimum absolute atomic E-state index is 0.0355. The van der Waals surface area contributed by atoms with Gasteiger partial charge >= 0.3 is 0 Å². The van der Waals surface area contributed by atoms with E-state index in [9.17, 15) is 9.90 Å². The first-order chi connectivity index (χ1) is 10.1. The second-order valence-electron chi connectivity index (χ2n) is 6.50. The van der Waals surface area contributed by atoms with Gasteiger partial charge < -0.3 is 15.3 Å². The van der Waals surface area contributed by atoms with Crippen molar-refractivity contribution in [1.82, 2.24) is 10.2 Å². The van der Waals surface area contributed by atoms with Crippen LogP contribution in [0, 0.1) is 5.92 Å². The van der Waals surface area contributed by atoms with Crippen LogP contribution in [0.15, 0.2) is 24.3 Å². The molecule has 1 aliphatic heterocycles. The molecule has 1 amide bonds. The Morgan fingerprint density at radius 2 is 2.19 bits per heavy atom. The Kier molecular flexibility index (Phi) is 4.15. The van der Waals surface area contributed by atoms with E-state index in [0.29, 0.717) is 18.5 Å². The molecule has 2 fully saturated rings. The van der Waals surface area contributed by atoms with Crippen LogP contribution < -0.4 is 5.32 Å². The fourth-order valence-corrected chi connectivity index (χ4v) is 3.12. The number of nitrogens with zero attached hydrogens (tertiary/aromatic N) is 1. The number of rotatable bonds is 4. The van der Waals surface area contributed by atoms with E-state index in [1.54, 1.807) is 12.1 Å². The molecule has 2 unspecified atom stereocenters. The van der Waals surface area contributed by atoms with Crippen molar-refractivity contribution in [1.29, 1.82) is 0 Å². The van der Waals surface area contributed by atoms with Crippen LogP contribution in [0.2, 0.25) is 0 Å². The van der Waals surface area contributed by atoms with Crippen LogP contribution in [0.25, 0.3) is 0 Å². The van der Waals surface area contributed by atoms with Crippen molar-refractivity contribution in [3.63, 3.8) is 0 Å². The minimum Gasteiger partial charge on any atom is -0.508 e. The second kappa shape index (κ2) is 6.06. The highest BCUT2D eigenvalue weighted by Gasteiger charge is 2.36. The van der Waals surface area contributed by atoms with E-state index in [0.717, 1.165) is 37.8 Å². The molecular formula is C17H24N2O2. The molecule has 0 radical (unpaired) electrons. The molecule has 4 nitrogen and oxygen atoms in total. The number of piperidine rings is 1. The molecule has 1 heterocycles. The largest absolute Gasteiger partial charge is 0.508 e. The average molecular weight is 288 g/mol. The van der Waals surface area contributed by atoms with Crippen LogP contribution in [-0.2, 0) is 11.3 Å². The number of aromatic hydroxyl groups is 1. The van der Waals surface area contributed by atoms with Crippen molar-refractivity contribution >= 4 is 5.91 Å². The number of hydrogen-bond acceptors (Lipinski definition) is 3. The normalized spacial score (nSPS) is 25.6. The molecule has 4 heteroatoms. The van der Waals surface area contributed by atoms with Crippen molar-refractivity contribution in [3.8, 4) is 5.75 Å². The molecule has 1 aromatic carbocycles. The van der Waals surface area contributed by atoms with Gasteiger partial charge in [-0.05, 0) is 55.8 Å². The average Bonchev–Trinajstić information content (AvgIpc) is 3.29. The lowest BCUT2D eigenvalue weighted by molar-refractivity contribution is -0.135. The number of carbonyl (C=O) groups excluding carboxylic acids is 1. The predicted octanol–water partition coefficient (Wildman–Crippen LogP) is 2.27. The molecule has 0 spiro atoms. The third-order valence-corrected chi connectivity index (χ3v) is 4.50. The van der Waals surface area contributed by atoms with E-state index in [1.165, 1.54) is 0 Å². The number of benzene rings is 1. The summed E-state index contributed by atoms with van der Waals surface area (Å²) in [6.07, 6.45) is 4.29. The second-order valence-corrected chi connectivity index (χ2v) is 6.50. The topological polar surface area (TPSA) is 52.6 Å². The number of phenols is 1. The summed E-state index contributed by atoms with van der Waals surface area (Å²) in [5.41, 5.74) is 0.999. The van der Waals surface area contributed by atoms with E-state index in [2.05, 4.69) is 12.2 Å². The Bertz CT molecular complexity index is 513. The van der Waals surface area contributed by atoms with E-state index in [4.69, 9.17) is 0 Å².